The first-order valence-electron chi connectivity index (χ1n) is 3.43. The number of aliphatic hydroxyl groups is 1. The van der Waals surface area contributed by atoms with E-state index in [-0.39, 0.29) is 6.61 Å². The third-order valence-electron chi connectivity index (χ3n) is 0.940. The molecule has 0 unspecified atom stereocenters. The molecule has 1 rings (SSSR count). The predicted octanol–water partition coefficient (Wildman–Crippen LogP) is 1.99. The van der Waals surface area contributed by atoms with E-state index in [0.717, 1.165) is 0 Å². The number of rotatable bonds is 0. The summed E-state index contributed by atoms with van der Waals surface area (Å²) in [6.07, 6.45) is 0. The summed E-state index contributed by atoms with van der Waals surface area (Å²) in [5.41, 5.74) is 1.32. The van der Waals surface area contributed by atoms with E-state index in [2.05, 4.69) is 19.1 Å². The summed E-state index contributed by atoms with van der Waals surface area (Å²) in [4.78, 5) is 0. The second kappa shape index (κ2) is 6.30. The zero-order chi connectivity index (χ0) is 7.82. The first kappa shape index (κ1) is 9.18. The number of hydrogen-bond acceptors (Lipinski definition) is 1. The highest BCUT2D eigenvalue weighted by molar-refractivity contribution is 5.11. The lowest BCUT2D eigenvalue weighted by molar-refractivity contribution is 0.318. The third kappa shape index (κ3) is 5.32. The molecule has 0 saturated heterocycles. The summed E-state index contributed by atoms with van der Waals surface area (Å²) < 4.78 is 0. The van der Waals surface area contributed by atoms with Gasteiger partial charge in [0.05, 0.1) is 0 Å². The van der Waals surface area contributed by atoms with E-state index in [1.807, 2.05) is 18.2 Å². The van der Waals surface area contributed by atoms with Crippen molar-refractivity contribution in [3.05, 3.63) is 35.9 Å². The molecule has 0 aliphatic heterocycles. The van der Waals surface area contributed by atoms with Gasteiger partial charge in [-0.2, -0.15) is 0 Å². The fourth-order valence-electron chi connectivity index (χ4n) is 0.534. The van der Waals surface area contributed by atoms with Gasteiger partial charge in [-0.3, -0.25) is 0 Å². The summed E-state index contributed by atoms with van der Waals surface area (Å²) in [6.45, 7) is 4.01. The quantitative estimate of drug-likeness (QED) is 0.581. The Bertz CT molecular complexity index is 146. The van der Waals surface area contributed by atoms with Crippen molar-refractivity contribution in [2.45, 2.75) is 13.8 Å². The van der Waals surface area contributed by atoms with Crippen LogP contribution in [0.4, 0.5) is 0 Å². The number of aliphatic hydroxyl groups excluding tert-OH is 1. The molecule has 56 valence electrons. The van der Waals surface area contributed by atoms with Crippen molar-refractivity contribution >= 4 is 0 Å². The van der Waals surface area contributed by atoms with Crippen LogP contribution in [-0.4, -0.2) is 11.7 Å². The Morgan fingerprint density at radius 2 is 1.60 bits per heavy atom. The molecule has 1 heteroatoms. The maximum atomic E-state index is 7.57. The molecule has 0 fully saturated rings. The predicted molar refractivity (Wildman–Crippen MR) is 43.9 cm³/mol. The van der Waals surface area contributed by atoms with Crippen LogP contribution in [0.5, 0.6) is 0 Å². The lowest BCUT2D eigenvalue weighted by Gasteiger charge is -1.82. The van der Waals surface area contributed by atoms with Gasteiger partial charge in [0.25, 0.3) is 0 Å². The normalized spacial score (nSPS) is 7.90. The highest BCUT2D eigenvalue weighted by Crippen LogP contribution is 1.92. The van der Waals surface area contributed by atoms with Crippen molar-refractivity contribution in [3.8, 4) is 0 Å². The molecule has 1 nitrogen and oxygen atoms in total. The lowest BCUT2D eigenvalue weighted by Crippen LogP contribution is -1.62. The Hall–Kier alpha value is -0.820. The molecule has 0 radical (unpaired) electrons. The van der Waals surface area contributed by atoms with Gasteiger partial charge in [-0.05, 0) is 13.8 Å². The van der Waals surface area contributed by atoms with E-state index in [0.29, 0.717) is 0 Å². The molecule has 0 spiro atoms. The van der Waals surface area contributed by atoms with E-state index in [1.54, 1.807) is 6.92 Å². The van der Waals surface area contributed by atoms with Gasteiger partial charge in [-0.15, -0.1) is 0 Å². The second-order valence-electron chi connectivity index (χ2n) is 1.97. The van der Waals surface area contributed by atoms with Gasteiger partial charge < -0.3 is 5.11 Å². The first-order chi connectivity index (χ1) is 4.81. The molecule has 0 heterocycles. The van der Waals surface area contributed by atoms with E-state index in [1.165, 1.54) is 5.56 Å². The van der Waals surface area contributed by atoms with Crippen molar-refractivity contribution in [1.29, 1.82) is 0 Å². The first-order valence-corrected chi connectivity index (χ1v) is 3.43. The van der Waals surface area contributed by atoms with Crippen molar-refractivity contribution in [2.75, 3.05) is 6.61 Å². The summed E-state index contributed by atoms with van der Waals surface area (Å²) in [5.74, 6) is 0. The number of benzene rings is 1. The van der Waals surface area contributed by atoms with Crippen LogP contribution in [0.1, 0.15) is 12.5 Å². The highest BCUT2D eigenvalue weighted by Gasteiger charge is 1.72. The molecule has 0 atom stereocenters. The molecule has 1 N–H and O–H groups in total. The van der Waals surface area contributed by atoms with Gasteiger partial charge in [-0.1, -0.05) is 35.9 Å². The minimum atomic E-state index is 0.250. The fraction of sp³-hybridized carbons (Fsp3) is 0.333. The van der Waals surface area contributed by atoms with Crippen molar-refractivity contribution in [3.63, 3.8) is 0 Å². The van der Waals surface area contributed by atoms with Crippen LogP contribution >= 0.6 is 0 Å². The van der Waals surface area contributed by atoms with E-state index in [9.17, 15) is 0 Å². The molecule has 0 aromatic heterocycles. The van der Waals surface area contributed by atoms with Crippen LogP contribution in [0.25, 0.3) is 0 Å². The summed E-state index contributed by atoms with van der Waals surface area (Å²) in [6, 6.07) is 10.3. The van der Waals surface area contributed by atoms with Gasteiger partial charge in [-0.25, -0.2) is 0 Å². The molecule has 0 aliphatic rings. The van der Waals surface area contributed by atoms with E-state index in [4.69, 9.17) is 5.11 Å². The zero-order valence-electron chi connectivity index (χ0n) is 6.54. The van der Waals surface area contributed by atoms with E-state index >= 15 is 0 Å². The number of aryl methyl sites for hydroxylation is 1. The molecule has 0 bridgehead atoms. The van der Waals surface area contributed by atoms with Crippen LogP contribution in [0.15, 0.2) is 30.3 Å². The maximum absolute atomic E-state index is 7.57. The monoisotopic (exact) mass is 138 g/mol. The van der Waals surface area contributed by atoms with Crippen LogP contribution < -0.4 is 0 Å². The summed E-state index contributed by atoms with van der Waals surface area (Å²) in [7, 11) is 0. The molecule has 0 amide bonds. The molecule has 1 aromatic rings. The topological polar surface area (TPSA) is 20.2 Å². The number of hydrogen-bond donors (Lipinski definition) is 1. The molecular weight excluding hydrogens is 124 g/mol. The molecule has 1 aromatic carbocycles. The Labute approximate surface area is 62.3 Å². The largest absolute Gasteiger partial charge is 0.397 e. The SMILES string of the molecule is CCO.Cc1ccccc1. The third-order valence-corrected chi connectivity index (χ3v) is 0.940. The van der Waals surface area contributed by atoms with Gasteiger partial charge >= 0.3 is 0 Å². The van der Waals surface area contributed by atoms with Crippen LogP contribution in [0.3, 0.4) is 0 Å². The molecule has 0 aliphatic carbocycles. The van der Waals surface area contributed by atoms with Crippen LogP contribution in [0, 0.1) is 6.92 Å². The van der Waals surface area contributed by atoms with Gasteiger partial charge in [0.2, 0.25) is 0 Å². The lowest BCUT2D eigenvalue weighted by atomic mass is 10.2. The summed E-state index contributed by atoms with van der Waals surface area (Å²) in [5, 5.41) is 7.57. The summed E-state index contributed by atoms with van der Waals surface area (Å²) >= 11 is 0. The minimum Gasteiger partial charge on any atom is -0.397 e. The maximum Gasteiger partial charge on any atom is 0.0402 e. The van der Waals surface area contributed by atoms with Crippen LogP contribution in [0.2, 0.25) is 0 Å². The second-order valence-corrected chi connectivity index (χ2v) is 1.97. The fourth-order valence-corrected chi connectivity index (χ4v) is 0.534. The Morgan fingerprint density at radius 3 is 1.80 bits per heavy atom. The smallest absolute Gasteiger partial charge is 0.0402 e. The highest BCUT2D eigenvalue weighted by atomic mass is 16.2. The Morgan fingerprint density at radius 1 is 1.20 bits per heavy atom. The van der Waals surface area contributed by atoms with Crippen molar-refractivity contribution < 1.29 is 5.11 Å². The van der Waals surface area contributed by atoms with E-state index < -0.39 is 0 Å². The van der Waals surface area contributed by atoms with Gasteiger partial charge in [0.15, 0.2) is 0 Å². The van der Waals surface area contributed by atoms with Crippen molar-refractivity contribution in [1.82, 2.24) is 0 Å². The van der Waals surface area contributed by atoms with Crippen molar-refractivity contribution in [2.24, 2.45) is 0 Å². The standard InChI is InChI=1S/C7H8.C2H6O/c1-7-5-3-2-4-6-7;1-2-3/h2-6H,1H3;3H,2H2,1H3. The minimum absolute atomic E-state index is 0.250. The Kier molecular flexibility index (Phi) is 5.79. The van der Waals surface area contributed by atoms with Gasteiger partial charge in [0, 0.05) is 6.61 Å². The molecule has 0 saturated carbocycles. The zero-order valence-corrected chi connectivity index (χ0v) is 6.54. The van der Waals surface area contributed by atoms with Crippen LogP contribution in [-0.2, 0) is 0 Å². The molecular formula is C9H14O. The Balaban J connectivity index is 0.000000236. The average Bonchev–Trinajstić information content (AvgIpc) is 1.91. The average molecular weight is 138 g/mol. The molecule has 10 heavy (non-hydrogen) atoms. The van der Waals surface area contributed by atoms with Gasteiger partial charge in [0.1, 0.15) is 0 Å².